The van der Waals surface area contributed by atoms with Crippen molar-refractivity contribution in [2.45, 2.75) is 26.0 Å². The number of carbonyl (C=O) groups excluding carboxylic acids is 1. The molecule has 1 rings (SSSR count). The van der Waals surface area contributed by atoms with E-state index in [1.165, 1.54) is 6.92 Å². The van der Waals surface area contributed by atoms with Crippen LogP contribution < -0.4 is 5.32 Å². The molecule has 1 heterocycles. The topological polar surface area (TPSA) is 49.3 Å². The lowest BCUT2D eigenvalue weighted by atomic mass is 10.1. The van der Waals surface area contributed by atoms with Gasteiger partial charge in [-0.05, 0) is 18.6 Å². The van der Waals surface area contributed by atoms with Gasteiger partial charge in [0, 0.05) is 11.8 Å². The number of aliphatic hydroxyl groups excluding tert-OH is 1. The van der Waals surface area contributed by atoms with E-state index >= 15 is 0 Å². The van der Waals surface area contributed by atoms with E-state index in [1.54, 1.807) is 0 Å². The first-order valence-corrected chi connectivity index (χ1v) is 5.33. The average molecular weight is 189 g/mol. The number of amides is 1. The summed E-state index contributed by atoms with van der Waals surface area (Å²) < 4.78 is 0. The zero-order chi connectivity index (χ0) is 9.14. The second-order valence-corrected chi connectivity index (χ2v) is 4.38. The zero-order valence-corrected chi connectivity index (χ0v) is 8.23. The van der Waals surface area contributed by atoms with E-state index in [9.17, 15) is 4.79 Å². The second kappa shape index (κ2) is 4.14. The monoisotopic (exact) mass is 189 g/mol. The van der Waals surface area contributed by atoms with Crippen LogP contribution in [0.3, 0.4) is 0 Å². The summed E-state index contributed by atoms with van der Waals surface area (Å²) in [6.07, 6.45) is -0.886. The molecular formula is C8H15NO2S. The third kappa shape index (κ3) is 2.38. The average Bonchev–Trinajstić information content (AvgIpc) is 2.36. The Balaban J connectivity index is 2.35. The van der Waals surface area contributed by atoms with E-state index in [-0.39, 0.29) is 11.9 Å². The summed E-state index contributed by atoms with van der Waals surface area (Å²) in [6.45, 7) is 3.61. The number of carbonyl (C=O) groups is 1. The van der Waals surface area contributed by atoms with E-state index in [0.29, 0.717) is 5.92 Å². The summed E-state index contributed by atoms with van der Waals surface area (Å²) in [5, 5.41) is 11.8. The molecule has 0 spiro atoms. The second-order valence-electron chi connectivity index (χ2n) is 3.31. The van der Waals surface area contributed by atoms with E-state index in [1.807, 2.05) is 11.8 Å². The molecule has 3 atom stereocenters. The highest BCUT2D eigenvalue weighted by molar-refractivity contribution is 7.99. The fourth-order valence-corrected chi connectivity index (χ4v) is 2.55. The van der Waals surface area contributed by atoms with Crippen LogP contribution in [0.4, 0.5) is 0 Å². The number of hydrogen-bond donors (Lipinski definition) is 2. The van der Waals surface area contributed by atoms with Crippen molar-refractivity contribution in [3.63, 3.8) is 0 Å². The molecule has 0 aromatic carbocycles. The third-order valence-electron chi connectivity index (χ3n) is 2.07. The van der Waals surface area contributed by atoms with Gasteiger partial charge in [-0.25, -0.2) is 0 Å². The van der Waals surface area contributed by atoms with Crippen LogP contribution in [0.25, 0.3) is 0 Å². The first kappa shape index (κ1) is 9.86. The molecule has 2 N–H and O–H groups in total. The lowest BCUT2D eigenvalue weighted by Crippen LogP contribution is -2.43. The molecule has 70 valence electrons. The standard InChI is InChI=1S/C8H15NO2S/c1-5-3-12-4-7(5)9-8(11)6(2)10/h5-7,10H,3-4H2,1-2H3,(H,9,11). The van der Waals surface area contributed by atoms with Gasteiger partial charge in [0.1, 0.15) is 6.10 Å². The van der Waals surface area contributed by atoms with Crippen LogP contribution in [0.15, 0.2) is 0 Å². The zero-order valence-electron chi connectivity index (χ0n) is 7.41. The Labute approximate surface area is 76.9 Å². The molecule has 0 aromatic heterocycles. The van der Waals surface area contributed by atoms with Crippen molar-refractivity contribution in [2.24, 2.45) is 5.92 Å². The normalized spacial score (nSPS) is 31.6. The number of nitrogens with one attached hydrogen (secondary N) is 1. The summed E-state index contributed by atoms with van der Waals surface area (Å²) in [6, 6.07) is 0.247. The minimum absolute atomic E-state index is 0.247. The molecule has 12 heavy (non-hydrogen) atoms. The van der Waals surface area contributed by atoms with E-state index in [0.717, 1.165) is 11.5 Å². The Hall–Kier alpha value is -0.220. The van der Waals surface area contributed by atoms with Gasteiger partial charge in [-0.1, -0.05) is 6.92 Å². The molecule has 1 fully saturated rings. The highest BCUT2D eigenvalue weighted by Gasteiger charge is 2.26. The molecule has 4 heteroatoms. The molecular weight excluding hydrogens is 174 g/mol. The van der Waals surface area contributed by atoms with Gasteiger partial charge in [0.15, 0.2) is 0 Å². The molecule has 3 unspecified atom stereocenters. The summed E-state index contributed by atoms with van der Waals surface area (Å²) in [5.74, 6) is 2.34. The molecule has 0 radical (unpaired) electrons. The van der Waals surface area contributed by atoms with Crippen molar-refractivity contribution in [3.8, 4) is 0 Å². The maximum Gasteiger partial charge on any atom is 0.248 e. The Morgan fingerprint density at radius 2 is 2.33 bits per heavy atom. The Bertz CT molecular complexity index is 172. The first-order valence-electron chi connectivity index (χ1n) is 4.17. The van der Waals surface area contributed by atoms with Gasteiger partial charge >= 0.3 is 0 Å². The molecule has 0 bridgehead atoms. The van der Waals surface area contributed by atoms with Gasteiger partial charge in [-0.3, -0.25) is 4.79 Å². The van der Waals surface area contributed by atoms with Gasteiger partial charge in [-0.15, -0.1) is 0 Å². The van der Waals surface area contributed by atoms with Crippen LogP contribution in [0, 0.1) is 5.92 Å². The summed E-state index contributed by atoms with van der Waals surface area (Å²) in [5.41, 5.74) is 0. The first-order chi connectivity index (χ1) is 5.61. The molecule has 1 aliphatic heterocycles. The SMILES string of the molecule is CC(O)C(=O)NC1CSCC1C. The molecule has 1 saturated heterocycles. The minimum Gasteiger partial charge on any atom is -0.384 e. The summed E-state index contributed by atoms with van der Waals surface area (Å²) in [4.78, 5) is 11.1. The van der Waals surface area contributed by atoms with Crippen LogP contribution in [-0.4, -0.2) is 34.7 Å². The third-order valence-corrected chi connectivity index (χ3v) is 3.43. The number of rotatable bonds is 2. The lowest BCUT2D eigenvalue weighted by molar-refractivity contribution is -0.129. The minimum atomic E-state index is -0.886. The quantitative estimate of drug-likeness (QED) is 0.654. The maximum atomic E-state index is 11.1. The Morgan fingerprint density at radius 3 is 2.75 bits per heavy atom. The fourth-order valence-electron chi connectivity index (χ4n) is 1.15. The predicted molar refractivity (Wildman–Crippen MR) is 50.1 cm³/mol. The number of thioether (sulfide) groups is 1. The van der Waals surface area contributed by atoms with Crippen LogP contribution in [-0.2, 0) is 4.79 Å². The van der Waals surface area contributed by atoms with E-state index in [2.05, 4.69) is 12.2 Å². The van der Waals surface area contributed by atoms with Crippen molar-refractivity contribution < 1.29 is 9.90 Å². The van der Waals surface area contributed by atoms with Gasteiger partial charge in [-0.2, -0.15) is 11.8 Å². The summed E-state index contributed by atoms with van der Waals surface area (Å²) >= 11 is 1.85. The van der Waals surface area contributed by atoms with Crippen LogP contribution >= 0.6 is 11.8 Å². The summed E-state index contributed by atoms with van der Waals surface area (Å²) in [7, 11) is 0. The molecule has 0 aromatic rings. The lowest BCUT2D eigenvalue weighted by Gasteiger charge is -2.17. The van der Waals surface area contributed by atoms with Gasteiger partial charge < -0.3 is 10.4 Å². The number of hydrogen-bond acceptors (Lipinski definition) is 3. The Kier molecular flexibility index (Phi) is 3.40. The van der Waals surface area contributed by atoms with Crippen molar-refractivity contribution in [2.75, 3.05) is 11.5 Å². The smallest absolute Gasteiger partial charge is 0.248 e. The number of aliphatic hydroxyl groups is 1. The van der Waals surface area contributed by atoms with Crippen LogP contribution in [0.2, 0.25) is 0 Å². The maximum absolute atomic E-state index is 11.1. The highest BCUT2D eigenvalue weighted by atomic mass is 32.2. The van der Waals surface area contributed by atoms with E-state index < -0.39 is 6.10 Å². The van der Waals surface area contributed by atoms with Crippen molar-refractivity contribution >= 4 is 17.7 Å². The van der Waals surface area contributed by atoms with Gasteiger partial charge in [0.25, 0.3) is 0 Å². The molecule has 0 aliphatic carbocycles. The highest BCUT2D eigenvalue weighted by Crippen LogP contribution is 2.23. The van der Waals surface area contributed by atoms with Crippen molar-refractivity contribution in [1.29, 1.82) is 0 Å². The molecule has 1 amide bonds. The molecule has 3 nitrogen and oxygen atoms in total. The van der Waals surface area contributed by atoms with Crippen molar-refractivity contribution in [1.82, 2.24) is 5.32 Å². The largest absolute Gasteiger partial charge is 0.384 e. The van der Waals surface area contributed by atoms with Crippen LogP contribution in [0.5, 0.6) is 0 Å². The fraction of sp³-hybridized carbons (Fsp3) is 0.875. The molecule has 0 saturated carbocycles. The molecule has 1 aliphatic rings. The van der Waals surface area contributed by atoms with Crippen LogP contribution in [0.1, 0.15) is 13.8 Å². The van der Waals surface area contributed by atoms with Crippen molar-refractivity contribution in [3.05, 3.63) is 0 Å². The predicted octanol–water partition coefficient (Wildman–Crippen LogP) is 0.235. The Morgan fingerprint density at radius 1 is 1.67 bits per heavy atom. The van der Waals surface area contributed by atoms with Gasteiger partial charge in [0.2, 0.25) is 5.91 Å². The van der Waals surface area contributed by atoms with Gasteiger partial charge in [0.05, 0.1) is 0 Å². The van der Waals surface area contributed by atoms with E-state index in [4.69, 9.17) is 5.11 Å².